The summed E-state index contributed by atoms with van der Waals surface area (Å²) in [5, 5.41) is 8.76. The molecule has 104 valence electrons. The van der Waals surface area contributed by atoms with Gasteiger partial charge >= 0.3 is 5.97 Å². The highest BCUT2D eigenvalue weighted by atomic mass is 32.2. The summed E-state index contributed by atoms with van der Waals surface area (Å²) >= 11 is 0. The lowest BCUT2D eigenvalue weighted by molar-refractivity contribution is -0.139. The van der Waals surface area contributed by atoms with Crippen LogP contribution in [0.4, 0.5) is 0 Å². The van der Waals surface area contributed by atoms with Crippen molar-refractivity contribution in [3.63, 3.8) is 0 Å². The van der Waals surface area contributed by atoms with Crippen LogP contribution < -0.4 is 0 Å². The molecule has 1 N–H and O–H groups in total. The first-order chi connectivity index (χ1) is 8.99. The van der Waals surface area contributed by atoms with E-state index >= 15 is 0 Å². The monoisotopic (exact) mass is 285 g/mol. The van der Waals surface area contributed by atoms with E-state index in [0.717, 1.165) is 4.31 Å². The molecule has 1 heterocycles. The average molecular weight is 285 g/mol. The molecule has 7 heteroatoms. The number of hydrogen-bond acceptors (Lipinski definition) is 4. The Balaban J connectivity index is 3.15. The van der Waals surface area contributed by atoms with E-state index in [9.17, 15) is 13.2 Å². The van der Waals surface area contributed by atoms with Gasteiger partial charge in [-0.05, 0) is 12.2 Å². The number of morpholine rings is 1. The molecule has 1 atom stereocenters. The molecule has 0 amide bonds. The lowest BCUT2D eigenvalue weighted by Gasteiger charge is -2.33. The molecule has 1 aliphatic rings. The highest BCUT2D eigenvalue weighted by Crippen LogP contribution is 2.26. The summed E-state index contributed by atoms with van der Waals surface area (Å²) in [6.45, 7) is 6.98. The Kier molecular flexibility index (Phi) is 5.37. The molecule has 0 radical (unpaired) electrons. The second-order valence-corrected chi connectivity index (χ2v) is 4.67. The maximum atomic E-state index is 11.3. The third-order valence-electron chi connectivity index (χ3n) is 2.35. The Morgan fingerprint density at radius 1 is 1.42 bits per heavy atom. The van der Waals surface area contributed by atoms with Crippen molar-refractivity contribution in [3.8, 4) is 0 Å². The highest BCUT2D eigenvalue weighted by molar-refractivity contribution is 7.70. The fourth-order valence-electron chi connectivity index (χ4n) is 1.66. The van der Waals surface area contributed by atoms with E-state index in [1.807, 2.05) is 0 Å². The summed E-state index contributed by atoms with van der Waals surface area (Å²) in [4.78, 5) is 10.7. The summed E-state index contributed by atoms with van der Waals surface area (Å²) in [6, 6.07) is 0. The summed E-state index contributed by atoms with van der Waals surface area (Å²) in [5.41, 5.74) is 0.313. The molecule has 0 aromatic heterocycles. The molecule has 0 aliphatic carbocycles. The minimum Gasteiger partial charge on any atom is -0.486 e. The lowest BCUT2D eigenvalue weighted by atomic mass is 10.2. The van der Waals surface area contributed by atoms with Crippen LogP contribution in [0.25, 0.3) is 0 Å². The summed E-state index contributed by atoms with van der Waals surface area (Å²) in [6.07, 6.45) is 4.81. The number of carboxylic acid groups (broad SMARTS) is 1. The minimum atomic E-state index is -2.89. The normalized spacial score (nSPS) is 23.4. The Morgan fingerprint density at radius 3 is 2.53 bits per heavy atom. The zero-order chi connectivity index (χ0) is 14.4. The van der Waals surface area contributed by atoms with Crippen molar-refractivity contribution < 1.29 is 23.1 Å². The summed E-state index contributed by atoms with van der Waals surface area (Å²) < 4.78 is 29.0. The van der Waals surface area contributed by atoms with E-state index in [2.05, 4.69) is 13.2 Å². The number of hydrogen-bond donors (Lipinski definition) is 2. The number of allylic oxidation sites excluding steroid dienone is 4. The van der Waals surface area contributed by atoms with Crippen LogP contribution in [0, 0.1) is 0 Å². The molecule has 19 heavy (non-hydrogen) atoms. The van der Waals surface area contributed by atoms with Crippen LogP contribution in [0.3, 0.4) is 0 Å². The lowest BCUT2D eigenvalue weighted by Crippen LogP contribution is -2.39. The van der Waals surface area contributed by atoms with E-state index in [0.29, 0.717) is 5.70 Å². The maximum Gasteiger partial charge on any atom is 0.307 e. The zero-order valence-electron chi connectivity index (χ0n) is 10.2. The van der Waals surface area contributed by atoms with Gasteiger partial charge in [0.25, 0.3) is 0 Å². The van der Waals surface area contributed by atoms with Crippen LogP contribution in [0.5, 0.6) is 0 Å². The first-order valence-corrected chi connectivity index (χ1v) is 6.58. The van der Waals surface area contributed by atoms with Crippen molar-refractivity contribution in [2.45, 2.75) is 12.5 Å². The van der Waals surface area contributed by atoms with Gasteiger partial charge in [-0.15, -0.1) is 0 Å². The van der Waals surface area contributed by atoms with Gasteiger partial charge in [-0.2, -0.15) is 0 Å². The van der Waals surface area contributed by atoms with Crippen molar-refractivity contribution in [1.82, 2.24) is 4.31 Å². The fraction of sp³-hybridized carbons (Fsp3) is 0.250. The highest BCUT2D eigenvalue weighted by Gasteiger charge is 2.30. The molecule has 0 saturated carbocycles. The number of nitrogens with zero attached hydrogens (tertiary/aromatic N) is 1. The maximum absolute atomic E-state index is 11.3. The van der Waals surface area contributed by atoms with Crippen LogP contribution >= 0.6 is 0 Å². The number of carbonyl (C=O) groups is 1. The Hall–Kier alpha value is -2.02. The predicted molar refractivity (Wildman–Crippen MR) is 70.7 cm³/mol. The fourth-order valence-corrected chi connectivity index (χ4v) is 2.32. The topological polar surface area (TPSA) is 83.9 Å². The van der Waals surface area contributed by atoms with Crippen LogP contribution in [0.15, 0.2) is 48.9 Å². The first-order valence-electron chi connectivity index (χ1n) is 5.45. The molecule has 1 rings (SSSR count). The molecule has 1 aliphatic heterocycles. The van der Waals surface area contributed by atoms with E-state index < -0.39 is 23.0 Å². The quantitative estimate of drug-likeness (QED) is 0.731. The van der Waals surface area contributed by atoms with Crippen LogP contribution in [-0.2, 0) is 20.4 Å². The third-order valence-corrected chi connectivity index (χ3v) is 3.12. The van der Waals surface area contributed by atoms with Gasteiger partial charge in [0.2, 0.25) is 10.9 Å². The van der Waals surface area contributed by atoms with Crippen molar-refractivity contribution in [2.24, 2.45) is 0 Å². The number of aliphatic carboxylic acids is 1. The SMILES string of the molecule is C=C/C=C1/O[C@@H](CC(=O)O)CN([SH](=O)=O)/C1=C/C=C. The van der Waals surface area contributed by atoms with Gasteiger partial charge in [-0.1, -0.05) is 25.3 Å². The summed E-state index contributed by atoms with van der Waals surface area (Å²) in [5.74, 6) is -0.799. The molecule has 0 spiro atoms. The minimum absolute atomic E-state index is 0.0425. The van der Waals surface area contributed by atoms with Gasteiger partial charge < -0.3 is 9.84 Å². The van der Waals surface area contributed by atoms with Gasteiger partial charge in [0, 0.05) is 0 Å². The van der Waals surface area contributed by atoms with E-state index in [4.69, 9.17) is 9.84 Å². The standard InChI is InChI=1S/C12H15NO5S/c1-3-5-10-11(6-4-2)18-9(7-12(14)15)8-13(10)19(16)17/h3-6,9,19H,1-2,7-8H2,(H,14,15)/b10-5+,11-6+/t9-/m0/s1. The van der Waals surface area contributed by atoms with Crippen molar-refractivity contribution in [3.05, 3.63) is 48.9 Å². The molecule has 1 fully saturated rings. The molecular formula is C12H15NO5S. The molecule has 0 aromatic rings. The second-order valence-electron chi connectivity index (χ2n) is 3.71. The van der Waals surface area contributed by atoms with Gasteiger partial charge in [-0.3, -0.25) is 9.10 Å². The number of thiol groups is 1. The van der Waals surface area contributed by atoms with Gasteiger partial charge in [0.15, 0.2) is 0 Å². The zero-order valence-corrected chi connectivity index (χ0v) is 11.1. The first kappa shape index (κ1) is 15.0. The number of carboxylic acids is 1. The van der Waals surface area contributed by atoms with Crippen LogP contribution in [-0.4, -0.2) is 36.4 Å². The smallest absolute Gasteiger partial charge is 0.307 e. The van der Waals surface area contributed by atoms with Crippen molar-refractivity contribution in [2.75, 3.05) is 6.54 Å². The van der Waals surface area contributed by atoms with Crippen LogP contribution in [0.2, 0.25) is 0 Å². The third kappa shape index (κ3) is 3.99. The average Bonchev–Trinajstić information content (AvgIpc) is 2.31. The van der Waals surface area contributed by atoms with Crippen molar-refractivity contribution >= 4 is 16.9 Å². The molecule has 6 nitrogen and oxygen atoms in total. The number of ether oxygens (including phenoxy) is 1. The molecule has 0 aromatic carbocycles. The van der Waals surface area contributed by atoms with Crippen molar-refractivity contribution in [1.29, 1.82) is 0 Å². The Labute approximate surface area is 113 Å². The van der Waals surface area contributed by atoms with E-state index in [1.54, 1.807) is 0 Å². The number of rotatable bonds is 5. The molecule has 0 bridgehead atoms. The molecule has 0 unspecified atom stereocenters. The van der Waals surface area contributed by atoms with Gasteiger partial charge in [0.1, 0.15) is 11.9 Å². The second kappa shape index (κ2) is 6.79. The van der Waals surface area contributed by atoms with E-state index in [1.165, 1.54) is 24.3 Å². The Morgan fingerprint density at radius 2 is 2.05 bits per heavy atom. The predicted octanol–water partition coefficient (Wildman–Crippen LogP) is 0.828. The van der Waals surface area contributed by atoms with Crippen LogP contribution in [0.1, 0.15) is 6.42 Å². The molecule has 1 saturated heterocycles. The molecular weight excluding hydrogens is 270 g/mol. The van der Waals surface area contributed by atoms with E-state index in [-0.39, 0.29) is 18.7 Å². The summed E-state index contributed by atoms with van der Waals surface area (Å²) in [7, 11) is -2.89. The van der Waals surface area contributed by atoms with Gasteiger partial charge in [-0.25, -0.2) is 8.42 Å². The Bertz CT molecular complexity index is 510. The largest absolute Gasteiger partial charge is 0.486 e. The van der Waals surface area contributed by atoms with Gasteiger partial charge in [0.05, 0.1) is 18.7 Å².